The summed E-state index contributed by atoms with van der Waals surface area (Å²) < 4.78 is 3.66. The van der Waals surface area contributed by atoms with E-state index in [4.69, 9.17) is 10.4 Å². The Labute approximate surface area is 167 Å². The minimum atomic E-state index is 0.394. The third-order valence-electron chi connectivity index (χ3n) is 5.19. The van der Waals surface area contributed by atoms with Crippen LogP contribution in [-0.4, -0.2) is 51.9 Å². The molecule has 1 unspecified atom stereocenters. The van der Waals surface area contributed by atoms with Crippen LogP contribution < -0.4 is 10.0 Å². The van der Waals surface area contributed by atoms with Crippen molar-refractivity contribution in [3.8, 4) is 0 Å². The first-order valence-corrected chi connectivity index (χ1v) is 11.4. The Balaban J connectivity index is 1.36. The van der Waals surface area contributed by atoms with E-state index in [2.05, 4.69) is 19.9 Å². The van der Waals surface area contributed by atoms with Gasteiger partial charge in [-0.05, 0) is 38.0 Å². The van der Waals surface area contributed by atoms with Crippen molar-refractivity contribution in [1.82, 2.24) is 19.9 Å². The topological polar surface area (TPSA) is 76.4 Å². The van der Waals surface area contributed by atoms with Crippen LogP contribution in [0.5, 0.6) is 0 Å². The summed E-state index contributed by atoms with van der Waals surface area (Å²) in [6, 6.07) is 1.01. The van der Waals surface area contributed by atoms with E-state index in [0.717, 1.165) is 34.6 Å². The van der Waals surface area contributed by atoms with Gasteiger partial charge < -0.3 is 15.6 Å². The van der Waals surface area contributed by atoms with E-state index >= 15 is 0 Å². The molecule has 0 bridgehead atoms. The molecule has 0 spiro atoms. The third-order valence-corrected chi connectivity index (χ3v) is 7.24. The Hall–Kier alpha value is -1.64. The molecule has 1 saturated heterocycles. The van der Waals surface area contributed by atoms with Crippen LogP contribution in [0.1, 0.15) is 37.1 Å². The second-order valence-electron chi connectivity index (χ2n) is 7.54. The maximum Gasteiger partial charge on any atom is 0.165 e. The van der Waals surface area contributed by atoms with Crippen molar-refractivity contribution in [1.29, 1.82) is 5.41 Å². The summed E-state index contributed by atoms with van der Waals surface area (Å²) in [5.74, 6) is 0.970. The standard InChI is InChI=1S/C19H24N6S2/c20-16(5-6-21-12-1-2-12)15-10-23-18(19-22-7-8-26-19)25-11-13(9-17(15)25)24-27-14-3-4-14/h5-8,12-14,20-21,24H,1-4,9-11H2/b6-5-,20-16?. The molecular formula is C19H24N6S2. The molecule has 2 saturated carbocycles. The zero-order chi connectivity index (χ0) is 18.2. The average Bonchev–Trinajstić information content (AvgIpc) is 3.58. The SMILES string of the molecule is N=C(/C=C\NC1CC1)C1=C2CC(NSC3CC3)CN2C(c2nccs2)=NC1. The van der Waals surface area contributed by atoms with Crippen LogP contribution in [0.15, 0.2) is 40.1 Å². The number of rotatable bonds is 8. The van der Waals surface area contributed by atoms with Gasteiger partial charge in [0.05, 0.1) is 12.3 Å². The Morgan fingerprint density at radius 1 is 1.30 bits per heavy atom. The van der Waals surface area contributed by atoms with E-state index in [0.29, 0.717) is 24.3 Å². The second-order valence-corrected chi connectivity index (χ2v) is 9.57. The van der Waals surface area contributed by atoms with Crippen molar-refractivity contribution in [2.45, 2.75) is 49.4 Å². The zero-order valence-corrected chi connectivity index (χ0v) is 16.8. The van der Waals surface area contributed by atoms with E-state index in [1.807, 2.05) is 35.8 Å². The van der Waals surface area contributed by atoms with Crippen LogP contribution in [-0.2, 0) is 0 Å². The van der Waals surface area contributed by atoms with Crippen LogP contribution in [0.4, 0.5) is 0 Å². The van der Waals surface area contributed by atoms with E-state index in [1.54, 1.807) is 11.3 Å². The number of nitrogens with one attached hydrogen (secondary N) is 3. The Kier molecular flexibility index (Phi) is 4.79. The van der Waals surface area contributed by atoms with Crippen LogP contribution >= 0.6 is 23.3 Å². The van der Waals surface area contributed by atoms with Crippen molar-refractivity contribution in [3.63, 3.8) is 0 Å². The fraction of sp³-hybridized carbons (Fsp3) is 0.526. The predicted octanol–water partition coefficient (Wildman–Crippen LogP) is 2.92. The van der Waals surface area contributed by atoms with Crippen molar-refractivity contribution in [3.05, 3.63) is 40.1 Å². The number of aromatic nitrogens is 1. The van der Waals surface area contributed by atoms with Gasteiger partial charge in [0.2, 0.25) is 0 Å². The highest BCUT2D eigenvalue weighted by molar-refractivity contribution is 7.98. The van der Waals surface area contributed by atoms with Gasteiger partial charge in [-0.3, -0.25) is 9.71 Å². The number of amidine groups is 1. The van der Waals surface area contributed by atoms with Gasteiger partial charge >= 0.3 is 0 Å². The quantitative estimate of drug-likeness (QED) is 0.462. The molecule has 27 heavy (non-hydrogen) atoms. The maximum atomic E-state index is 8.57. The number of hydrogen-bond acceptors (Lipinski definition) is 8. The number of aliphatic imine (C=N–C) groups is 1. The third kappa shape index (κ3) is 3.97. The molecule has 2 aliphatic carbocycles. The van der Waals surface area contributed by atoms with Gasteiger partial charge in [0.25, 0.3) is 0 Å². The second kappa shape index (κ2) is 7.41. The summed E-state index contributed by atoms with van der Waals surface area (Å²) >= 11 is 3.52. The molecule has 3 fully saturated rings. The van der Waals surface area contributed by atoms with Crippen molar-refractivity contribution in [2.75, 3.05) is 13.1 Å². The maximum absolute atomic E-state index is 8.57. The van der Waals surface area contributed by atoms with Gasteiger partial charge in [0.15, 0.2) is 10.8 Å². The van der Waals surface area contributed by atoms with Crippen LogP contribution in [0.2, 0.25) is 0 Å². The van der Waals surface area contributed by atoms with Gasteiger partial charge in [-0.15, -0.1) is 11.3 Å². The molecule has 0 aromatic carbocycles. The number of hydrogen-bond donors (Lipinski definition) is 3. The number of allylic oxidation sites excluding steroid dienone is 1. The molecule has 1 aromatic heterocycles. The van der Waals surface area contributed by atoms with Crippen molar-refractivity contribution in [2.24, 2.45) is 4.99 Å². The average molecular weight is 401 g/mol. The Morgan fingerprint density at radius 2 is 2.19 bits per heavy atom. The molecule has 5 rings (SSSR count). The fourth-order valence-corrected chi connectivity index (χ4v) is 4.97. The molecule has 142 valence electrons. The highest BCUT2D eigenvalue weighted by Crippen LogP contribution is 2.36. The van der Waals surface area contributed by atoms with Crippen molar-refractivity contribution < 1.29 is 0 Å². The predicted molar refractivity (Wildman–Crippen MR) is 112 cm³/mol. The molecule has 2 aliphatic heterocycles. The minimum Gasteiger partial charge on any atom is -0.388 e. The lowest BCUT2D eigenvalue weighted by molar-refractivity contribution is 0.540. The summed E-state index contributed by atoms with van der Waals surface area (Å²) in [5.41, 5.74) is 2.86. The lowest BCUT2D eigenvalue weighted by atomic mass is 10.0. The molecule has 1 aromatic rings. The lowest BCUT2D eigenvalue weighted by Gasteiger charge is -2.27. The van der Waals surface area contributed by atoms with Crippen LogP contribution in [0.3, 0.4) is 0 Å². The van der Waals surface area contributed by atoms with Gasteiger partial charge in [0, 0.05) is 53.1 Å². The summed E-state index contributed by atoms with van der Waals surface area (Å²) in [6.07, 6.45) is 11.8. The monoisotopic (exact) mass is 400 g/mol. The molecular weight excluding hydrogens is 376 g/mol. The zero-order valence-electron chi connectivity index (χ0n) is 15.1. The molecule has 8 heteroatoms. The summed E-state index contributed by atoms with van der Waals surface area (Å²) in [6.45, 7) is 1.46. The largest absolute Gasteiger partial charge is 0.388 e. The first-order chi connectivity index (χ1) is 13.3. The molecule has 3 N–H and O–H groups in total. The smallest absolute Gasteiger partial charge is 0.165 e. The van der Waals surface area contributed by atoms with E-state index in [-0.39, 0.29) is 0 Å². The molecule has 6 nitrogen and oxygen atoms in total. The minimum absolute atomic E-state index is 0.394. The van der Waals surface area contributed by atoms with Crippen LogP contribution in [0, 0.1) is 5.41 Å². The molecule has 4 aliphatic rings. The molecule has 0 radical (unpaired) electrons. The van der Waals surface area contributed by atoms with Gasteiger partial charge in [-0.25, -0.2) is 4.98 Å². The van der Waals surface area contributed by atoms with E-state index < -0.39 is 0 Å². The summed E-state index contributed by atoms with van der Waals surface area (Å²) in [5, 5.41) is 15.7. The summed E-state index contributed by atoms with van der Waals surface area (Å²) in [4.78, 5) is 11.6. The first-order valence-electron chi connectivity index (χ1n) is 9.64. The molecule has 3 heterocycles. The van der Waals surface area contributed by atoms with Gasteiger partial charge in [-0.1, -0.05) is 11.9 Å². The number of nitrogens with zero attached hydrogens (tertiary/aromatic N) is 3. The highest BCUT2D eigenvalue weighted by Gasteiger charge is 2.37. The van der Waals surface area contributed by atoms with Crippen LogP contribution in [0.25, 0.3) is 0 Å². The highest BCUT2D eigenvalue weighted by atomic mass is 32.2. The first kappa shape index (κ1) is 17.5. The summed E-state index contributed by atoms with van der Waals surface area (Å²) in [7, 11) is 0. The van der Waals surface area contributed by atoms with Crippen molar-refractivity contribution >= 4 is 34.8 Å². The molecule has 0 amide bonds. The van der Waals surface area contributed by atoms with Gasteiger partial charge in [-0.2, -0.15) is 0 Å². The normalized spacial score (nSPS) is 25.1. The van der Waals surface area contributed by atoms with E-state index in [1.165, 1.54) is 31.4 Å². The number of fused-ring (bicyclic) bond motifs is 1. The Morgan fingerprint density at radius 3 is 2.93 bits per heavy atom. The Bertz CT molecular complexity index is 804. The number of thiazole rings is 1. The molecule has 1 atom stereocenters. The fourth-order valence-electron chi connectivity index (χ4n) is 3.40. The van der Waals surface area contributed by atoms with Gasteiger partial charge in [0.1, 0.15) is 0 Å². The lowest BCUT2D eigenvalue weighted by Crippen LogP contribution is -2.35. The van der Waals surface area contributed by atoms with E-state index in [9.17, 15) is 0 Å².